The average Bonchev–Trinajstić information content (AvgIpc) is 3.00. The van der Waals surface area contributed by atoms with E-state index in [0.717, 1.165) is 26.2 Å². The number of rotatable bonds is 3. The number of benzene rings is 1. The fraction of sp³-hybridized carbons (Fsp3) is 0.533. The van der Waals surface area contributed by atoms with Gasteiger partial charge in [-0.3, -0.25) is 9.69 Å². The molecule has 4 nitrogen and oxygen atoms in total. The van der Waals surface area contributed by atoms with E-state index in [-0.39, 0.29) is 0 Å². The average molecular weight is 257 g/mol. The third kappa shape index (κ3) is 2.00. The van der Waals surface area contributed by atoms with Gasteiger partial charge in [0.2, 0.25) is 5.91 Å². The van der Waals surface area contributed by atoms with Crippen LogP contribution in [0.5, 0.6) is 0 Å². The predicted molar refractivity (Wildman–Crippen MR) is 73.8 cm³/mol. The zero-order chi connectivity index (χ0) is 12.8. The lowest BCUT2D eigenvalue weighted by molar-refractivity contribution is -0.127. The molecule has 4 rings (SSSR count). The van der Waals surface area contributed by atoms with E-state index in [0.29, 0.717) is 18.5 Å². The number of nitrogens with one attached hydrogen (secondary N) is 1. The van der Waals surface area contributed by atoms with Crippen LogP contribution >= 0.6 is 0 Å². The van der Waals surface area contributed by atoms with Gasteiger partial charge in [0.15, 0.2) is 0 Å². The molecule has 1 saturated carbocycles. The Kier molecular flexibility index (Phi) is 2.52. The van der Waals surface area contributed by atoms with Gasteiger partial charge in [-0.2, -0.15) is 0 Å². The summed E-state index contributed by atoms with van der Waals surface area (Å²) in [7, 11) is 0. The lowest BCUT2D eigenvalue weighted by Gasteiger charge is -2.19. The molecule has 0 spiro atoms. The zero-order valence-electron chi connectivity index (χ0n) is 11.1. The van der Waals surface area contributed by atoms with Crippen molar-refractivity contribution in [2.24, 2.45) is 0 Å². The minimum absolute atomic E-state index is 0.308. The maximum atomic E-state index is 12.0. The predicted octanol–water partition coefficient (Wildman–Crippen LogP) is 1.42. The molecule has 1 N–H and O–H groups in total. The van der Waals surface area contributed by atoms with E-state index in [2.05, 4.69) is 33.3 Å². The number of hydrogen-bond acceptors (Lipinski definition) is 3. The lowest BCUT2D eigenvalue weighted by atomic mass is 10.1. The molecule has 0 unspecified atom stereocenters. The standard InChI is InChI=1S/C15H19N3O/c19-14-9-17(10-18(14)13-4-5-13)8-12-3-1-2-11-6-7-16-15(11)12/h1-3,13,16H,4-10H2. The van der Waals surface area contributed by atoms with Crippen LogP contribution in [-0.2, 0) is 17.8 Å². The molecular weight excluding hydrogens is 238 g/mol. The first kappa shape index (κ1) is 11.3. The van der Waals surface area contributed by atoms with Gasteiger partial charge in [-0.15, -0.1) is 0 Å². The second kappa shape index (κ2) is 4.23. The molecule has 1 amide bonds. The first-order valence-corrected chi connectivity index (χ1v) is 7.18. The van der Waals surface area contributed by atoms with Gasteiger partial charge in [0.1, 0.15) is 0 Å². The van der Waals surface area contributed by atoms with Crippen LogP contribution in [-0.4, -0.2) is 41.5 Å². The number of hydrogen-bond donors (Lipinski definition) is 1. The molecule has 19 heavy (non-hydrogen) atoms. The molecule has 2 fully saturated rings. The van der Waals surface area contributed by atoms with E-state index in [1.54, 1.807) is 0 Å². The highest BCUT2D eigenvalue weighted by molar-refractivity contribution is 5.80. The van der Waals surface area contributed by atoms with E-state index in [4.69, 9.17) is 0 Å². The van der Waals surface area contributed by atoms with Gasteiger partial charge >= 0.3 is 0 Å². The number of amides is 1. The highest BCUT2D eigenvalue weighted by Gasteiger charge is 2.38. The van der Waals surface area contributed by atoms with E-state index in [1.165, 1.54) is 29.7 Å². The minimum Gasteiger partial charge on any atom is -0.384 e. The fourth-order valence-electron chi connectivity index (χ4n) is 3.22. The van der Waals surface area contributed by atoms with E-state index < -0.39 is 0 Å². The topological polar surface area (TPSA) is 35.6 Å². The Bertz CT molecular complexity index is 524. The second-order valence-electron chi connectivity index (χ2n) is 5.85. The summed E-state index contributed by atoms with van der Waals surface area (Å²) >= 11 is 0. The number of nitrogens with zero attached hydrogens (tertiary/aromatic N) is 2. The monoisotopic (exact) mass is 257 g/mol. The minimum atomic E-state index is 0.308. The van der Waals surface area contributed by atoms with Crippen molar-refractivity contribution in [1.82, 2.24) is 9.80 Å². The van der Waals surface area contributed by atoms with Crippen molar-refractivity contribution in [3.8, 4) is 0 Å². The molecule has 1 aromatic rings. The Hall–Kier alpha value is -1.55. The number of anilines is 1. The number of para-hydroxylation sites is 1. The van der Waals surface area contributed by atoms with Crippen molar-refractivity contribution in [2.75, 3.05) is 25.1 Å². The Morgan fingerprint density at radius 2 is 2.21 bits per heavy atom. The van der Waals surface area contributed by atoms with Crippen LogP contribution < -0.4 is 5.32 Å². The third-order valence-corrected chi connectivity index (χ3v) is 4.35. The number of carbonyl (C=O) groups is 1. The van der Waals surface area contributed by atoms with Gasteiger partial charge in [-0.1, -0.05) is 18.2 Å². The van der Waals surface area contributed by atoms with Gasteiger partial charge in [0.25, 0.3) is 0 Å². The normalized spacial score (nSPS) is 22.7. The summed E-state index contributed by atoms with van der Waals surface area (Å²) in [5, 5.41) is 3.48. The largest absolute Gasteiger partial charge is 0.384 e. The molecule has 2 aliphatic heterocycles. The SMILES string of the molecule is O=C1CN(Cc2cccc3c2NCC3)CN1C1CC1. The maximum Gasteiger partial charge on any atom is 0.238 e. The molecule has 0 bridgehead atoms. The highest BCUT2D eigenvalue weighted by Crippen LogP contribution is 2.31. The summed E-state index contributed by atoms with van der Waals surface area (Å²) in [6.07, 6.45) is 3.51. The first-order valence-electron chi connectivity index (χ1n) is 7.18. The van der Waals surface area contributed by atoms with Crippen molar-refractivity contribution >= 4 is 11.6 Å². The van der Waals surface area contributed by atoms with E-state index >= 15 is 0 Å². The summed E-state index contributed by atoms with van der Waals surface area (Å²) in [5.41, 5.74) is 4.06. The van der Waals surface area contributed by atoms with Gasteiger partial charge in [-0.05, 0) is 30.4 Å². The quantitative estimate of drug-likeness (QED) is 0.889. The second-order valence-corrected chi connectivity index (χ2v) is 5.85. The first-order chi connectivity index (χ1) is 9.31. The van der Waals surface area contributed by atoms with Crippen molar-refractivity contribution in [3.63, 3.8) is 0 Å². The lowest BCUT2D eigenvalue weighted by Crippen LogP contribution is -2.29. The molecule has 1 aliphatic carbocycles. The third-order valence-electron chi connectivity index (χ3n) is 4.35. The fourth-order valence-corrected chi connectivity index (χ4v) is 3.22. The smallest absolute Gasteiger partial charge is 0.238 e. The molecule has 4 heteroatoms. The van der Waals surface area contributed by atoms with Crippen molar-refractivity contribution in [2.45, 2.75) is 31.8 Å². The highest BCUT2D eigenvalue weighted by atomic mass is 16.2. The van der Waals surface area contributed by atoms with Gasteiger partial charge < -0.3 is 10.2 Å². The van der Waals surface area contributed by atoms with Crippen LogP contribution in [0.15, 0.2) is 18.2 Å². The molecule has 1 saturated heterocycles. The van der Waals surface area contributed by atoms with Crippen LogP contribution in [0.1, 0.15) is 24.0 Å². The molecule has 100 valence electrons. The number of fused-ring (bicyclic) bond motifs is 1. The van der Waals surface area contributed by atoms with Gasteiger partial charge in [0.05, 0.1) is 13.2 Å². The van der Waals surface area contributed by atoms with E-state index in [1.807, 2.05) is 0 Å². The molecule has 0 radical (unpaired) electrons. The summed E-state index contributed by atoms with van der Waals surface area (Å²) in [6.45, 7) is 3.32. The Labute approximate surface area is 113 Å². The summed E-state index contributed by atoms with van der Waals surface area (Å²) in [4.78, 5) is 16.3. The van der Waals surface area contributed by atoms with Crippen LogP contribution in [0.25, 0.3) is 0 Å². The van der Waals surface area contributed by atoms with Crippen molar-refractivity contribution in [1.29, 1.82) is 0 Å². The Morgan fingerprint density at radius 3 is 3.05 bits per heavy atom. The van der Waals surface area contributed by atoms with Gasteiger partial charge in [0, 0.05) is 24.8 Å². The molecule has 2 heterocycles. The van der Waals surface area contributed by atoms with Crippen LogP contribution in [0, 0.1) is 0 Å². The molecule has 0 aromatic heterocycles. The Morgan fingerprint density at radius 1 is 1.32 bits per heavy atom. The molecule has 3 aliphatic rings. The van der Waals surface area contributed by atoms with Crippen LogP contribution in [0.4, 0.5) is 5.69 Å². The zero-order valence-corrected chi connectivity index (χ0v) is 11.1. The van der Waals surface area contributed by atoms with E-state index in [9.17, 15) is 4.79 Å². The van der Waals surface area contributed by atoms with Crippen molar-refractivity contribution in [3.05, 3.63) is 29.3 Å². The summed E-state index contributed by atoms with van der Waals surface area (Å²) in [6, 6.07) is 7.06. The molecule has 0 atom stereocenters. The van der Waals surface area contributed by atoms with Crippen molar-refractivity contribution < 1.29 is 4.79 Å². The molecular formula is C15H19N3O. The summed E-state index contributed by atoms with van der Waals surface area (Å²) < 4.78 is 0. The van der Waals surface area contributed by atoms with Crippen LogP contribution in [0.2, 0.25) is 0 Å². The molecule has 1 aromatic carbocycles. The Balaban J connectivity index is 1.50. The summed E-state index contributed by atoms with van der Waals surface area (Å²) in [5.74, 6) is 0.308. The van der Waals surface area contributed by atoms with Crippen LogP contribution in [0.3, 0.4) is 0 Å². The number of carbonyl (C=O) groups excluding carboxylic acids is 1. The maximum absolute atomic E-state index is 12.0. The van der Waals surface area contributed by atoms with Gasteiger partial charge in [-0.25, -0.2) is 0 Å².